The second-order valence-corrected chi connectivity index (χ2v) is 6.88. The molecule has 3 rings (SSSR count). The molecule has 0 aromatic heterocycles. The van der Waals surface area contributed by atoms with Crippen LogP contribution in [0.3, 0.4) is 0 Å². The maximum atomic E-state index is 12.5. The van der Waals surface area contributed by atoms with Crippen molar-refractivity contribution in [2.24, 2.45) is 0 Å². The highest BCUT2D eigenvalue weighted by atomic mass is 35.5. The van der Waals surface area contributed by atoms with Crippen LogP contribution in [0.15, 0.2) is 42.5 Å². The van der Waals surface area contributed by atoms with Crippen molar-refractivity contribution in [3.8, 4) is 0 Å². The first-order valence-corrected chi connectivity index (χ1v) is 8.75. The Bertz CT molecular complexity index is 719. The number of piperazine rings is 1. The van der Waals surface area contributed by atoms with Crippen molar-refractivity contribution in [1.82, 2.24) is 4.90 Å². The molecule has 0 N–H and O–H groups in total. The molecule has 1 aliphatic rings. The molecule has 0 unspecified atom stereocenters. The van der Waals surface area contributed by atoms with E-state index >= 15 is 0 Å². The Morgan fingerprint density at radius 3 is 2.25 bits per heavy atom. The number of hydrogen-bond donors (Lipinski definition) is 0. The predicted molar refractivity (Wildman–Crippen MR) is 99.9 cm³/mol. The molecule has 0 spiro atoms. The molecule has 4 heteroatoms. The van der Waals surface area contributed by atoms with Crippen LogP contribution in [0.4, 0.5) is 5.69 Å². The average Bonchev–Trinajstić information content (AvgIpc) is 2.59. The Labute approximate surface area is 148 Å². The molecule has 3 nitrogen and oxygen atoms in total. The van der Waals surface area contributed by atoms with Gasteiger partial charge in [0, 0.05) is 36.9 Å². The lowest BCUT2D eigenvalue weighted by molar-refractivity contribution is -0.130. The van der Waals surface area contributed by atoms with Gasteiger partial charge < -0.3 is 9.80 Å². The van der Waals surface area contributed by atoms with E-state index in [1.807, 2.05) is 29.2 Å². The summed E-state index contributed by atoms with van der Waals surface area (Å²) < 4.78 is 0. The molecule has 0 aliphatic carbocycles. The summed E-state index contributed by atoms with van der Waals surface area (Å²) in [6.07, 6.45) is 0.445. The van der Waals surface area contributed by atoms with Crippen LogP contribution in [-0.2, 0) is 11.2 Å². The van der Waals surface area contributed by atoms with Crippen molar-refractivity contribution in [2.45, 2.75) is 20.3 Å². The molecule has 2 aromatic rings. The van der Waals surface area contributed by atoms with E-state index < -0.39 is 0 Å². The topological polar surface area (TPSA) is 23.6 Å². The lowest BCUT2D eigenvalue weighted by Crippen LogP contribution is -2.49. The van der Waals surface area contributed by atoms with Crippen molar-refractivity contribution in [2.75, 3.05) is 31.1 Å². The van der Waals surface area contributed by atoms with Crippen LogP contribution in [0.5, 0.6) is 0 Å². The average molecular weight is 343 g/mol. The summed E-state index contributed by atoms with van der Waals surface area (Å²) in [6, 6.07) is 14.1. The minimum Gasteiger partial charge on any atom is -0.368 e. The van der Waals surface area contributed by atoms with E-state index in [1.165, 1.54) is 16.8 Å². The SMILES string of the molecule is Cc1ccc(N2CCN(C(=O)Cc3ccc(Cl)cc3)CC2)cc1C. The highest BCUT2D eigenvalue weighted by molar-refractivity contribution is 6.30. The van der Waals surface area contributed by atoms with E-state index in [2.05, 4.69) is 36.9 Å². The van der Waals surface area contributed by atoms with Gasteiger partial charge in [0.25, 0.3) is 0 Å². The normalized spacial score (nSPS) is 14.8. The van der Waals surface area contributed by atoms with Gasteiger partial charge in [-0.2, -0.15) is 0 Å². The molecular formula is C20H23ClN2O. The molecule has 1 fully saturated rings. The quantitative estimate of drug-likeness (QED) is 0.846. The summed E-state index contributed by atoms with van der Waals surface area (Å²) >= 11 is 5.89. The number of aryl methyl sites for hydroxylation is 2. The molecule has 0 bridgehead atoms. The third-order valence-electron chi connectivity index (χ3n) is 4.76. The van der Waals surface area contributed by atoms with Crippen molar-refractivity contribution < 1.29 is 4.79 Å². The minimum absolute atomic E-state index is 0.192. The molecule has 1 heterocycles. The van der Waals surface area contributed by atoms with Gasteiger partial charge in [0.1, 0.15) is 0 Å². The van der Waals surface area contributed by atoms with Crippen molar-refractivity contribution in [1.29, 1.82) is 0 Å². The van der Waals surface area contributed by atoms with E-state index in [-0.39, 0.29) is 5.91 Å². The second kappa shape index (κ2) is 7.27. The van der Waals surface area contributed by atoms with Crippen LogP contribution in [0, 0.1) is 13.8 Å². The number of carbonyl (C=O) groups is 1. The van der Waals surface area contributed by atoms with Gasteiger partial charge in [-0.05, 0) is 54.8 Å². The fourth-order valence-corrected chi connectivity index (χ4v) is 3.15. The molecular weight excluding hydrogens is 320 g/mol. The lowest BCUT2D eigenvalue weighted by Gasteiger charge is -2.36. The van der Waals surface area contributed by atoms with Crippen molar-refractivity contribution in [3.05, 3.63) is 64.2 Å². The number of rotatable bonds is 3. The summed E-state index contributed by atoms with van der Waals surface area (Å²) in [4.78, 5) is 16.8. The standard InChI is InChI=1S/C20H23ClN2O/c1-15-3-8-19(13-16(15)2)22-9-11-23(12-10-22)20(24)14-17-4-6-18(21)7-5-17/h3-8,13H,9-12,14H2,1-2H3. The number of hydrogen-bond acceptors (Lipinski definition) is 2. The van der Waals surface area contributed by atoms with Crippen LogP contribution in [0.25, 0.3) is 0 Å². The number of amides is 1. The fourth-order valence-electron chi connectivity index (χ4n) is 3.03. The molecule has 0 atom stereocenters. The first-order valence-electron chi connectivity index (χ1n) is 8.37. The van der Waals surface area contributed by atoms with Gasteiger partial charge in [0.05, 0.1) is 6.42 Å². The summed E-state index contributed by atoms with van der Waals surface area (Å²) in [7, 11) is 0. The highest BCUT2D eigenvalue weighted by Crippen LogP contribution is 2.20. The van der Waals surface area contributed by atoms with Crippen LogP contribution in [0.1, 0.15) is 16.7 Å². The minimum atomic E-state index is 0.192. The molecule has 1 amide bonds. The van der Waals surface area contributed by atoms with Crippen LogP contribution < -0.4 is 4.90 Å². The second-order valence-electron chi connectivity index (χ2n) is 6.44. The van der Waals surface area contributed by atoms with Crippen LogP contribution in [0.2, 0.25) is 5.02 Å². The molecule has 2 aromatic carbocycles. The van der Waals surface area contributed by atoms with E-state index in [0.29, 0.717) is 11.4 Å². The highest BCUT2D eigenvalue weighted by Gasteiger charge is 2.21. The maximum Gasteiger partial charge on any atom is 0.227 e. The first-order chi connectivity index (χ1) is 11.5. The third-order valence-corrected chi connectivity index (χ3v) is 5.01. The van der Waals surface area contributed by atoms with Gasteiger partial charge in [0.2, 0.25) is 5.91 Å². The number of carbonyl (C=O) groups excluding carboxylic acids is 1. The van der Waals surface area contributed by atoms with Crippen molar-refractivity contribution in [3.63, 3.8) is 0 Å². The van der Waals surface area contributed by atoms with Gasteiger partial charge >= 0.3 is 0 Å². The smallest absolute Gasteiger partial charge is 0.227 e. The monoisotopic (exact) mass is 342 g/mol. The van der Waals surface area contributed by atoms with E-state index in [4.69, 9.17) is 11.6 Å². The van der Waals surface area contributed by atoms with E-state index in [1.54, 1.807) is 0 Å². The van der Waals surface area contributed by atoms with Gasteiger partial charge in [0.15, 0.2) is 0 Å². The number of halogens is 1. The Balaban J connectivity index is 1.57. The van der Waals surface area contributed by atoms with E-state index in [0.717, 1.165) is 31.7 Å². The lowest BCUT2D eigenvalue weighted by atomic mass is 10.1. The van der Waals surface area contributed by atoms with Crippen LogP contribution >= 0.6 is 11.6 Å². The molecule has 126 valence electrons. The fraction of sp³-hybridized carbons (Fsp3) is 0.350. The van der Waals surface area contributed by atoms with Gasteiger partial charge in [-0.25, -0.2) is 0 Å². The van der Waals surface area contributed by atoms with Crippen molar-refractivity contribution >= 4 is 23.2 Å². The predicted octanol–water partition coefficient (Wildman–Crippen LogP) is 3.85. The largest absolute Gasteiger partial charge is 0.368 e. The number of anilines is 1. The summed E-state index contributed by atoms with van der Waals surface area (Å²) in [5.74, 6) is 0.192. The zero-order valence-corrected chi connectivity index (χ0v) is 15.0. The van der Waals surface area contributed by atoms with Gasteiger partial charge in [-0.15, -0.1) is 0 Å². The molecule has 1 aliphatic heterocycles. The number of nitrogens with zero attached hydrogens (tertiary/aromatic N) is 2. The van der Waals surface area contributed by atoms with Gasteiger partial charge in [-0.3, -0.25) is 4.79 Å². The third kappa shape index (κ3) is 3.90. The van der Waals surface area contributed by atoms with Crippen LogP contribution in [-0.4, -0.2) is 37.0 Å². The summed E-state index contributed by atoms with van der Waals surface area (Å²) in [6.45, 7) is 7.60. The molecule has 1 saturated heterocycles. The Kier molecular flexibility index (Phi) is 5.10. The van der Waals surface area contributed by atoms with Gasteiger partial charge in [-0.1, -0.05) is 29.8 Å². The Hall–Kier alpha value is -2.00. The first kappa shape index (κ1) is 16.8. The maximum absolute atomic E-state index is 12.5. The Morgan fingerprint density at radius 2 is 1.62 bits per heavy atom. The molecule has 24 heavy (non-hydrogen) atoms. The Morgan fingerprint density at radius 1 is 0.958 bits per heavy atom. The summed E-state index contributed by atoms with van der Waals surface area (Å²) in [5, 5.41) is 0.702. The zero-order chi connectivity index (χ0) is 17.1. The number of benzene rings is 2. The molecule has 0 radical (unpaired) electrons. The molecule has 0 saturated carbocycles. The summed E-state index contributed by atoms with van der Waals surface area (Å²) in [5.41, 5.74) is 4.90. The van der Waals surface area contributed by atoms with E-state index in [9.17, 15) is 4.79 Å². The zero-order valence-electron chi connectivity index (χ0n) is 14.3.